The molecule has 3 N–H and O–H groups in total. The predicted octanol–water partition coefficient (Wildman–Crippen LogP) is 1.06. The van der Waals surface area contributed by atoms with Crippen LogP contribution in [-0.4, -0.2) is 34.9 Å². The molecule has 23 heavy (non-hydrogen) atoms. The highest BCUT2D eigenvalue weighted by Gasteiger charge is 2.32. The molecule has 1 aromatic rings. The minimum atomic E-state index is -1.88. The van der Waals surface area contributed by atoms with Crippen molar-refractivity contribution in [3.63, 3.8) is 0 Å². The van der Waals surface area contributed by atoms with Crippen LogP contribution in [0.15, 0.2) is 17.7 Å². The molecule has 2 heterocycles. The summed E-state index contributed by atoms with van der Waals surface area (Å²) in [6.45, 7) is 3.39. The Kier molecular flexibility index (Phi) is 4.36. The molecule has 1 aromatic carbocycles. The average Bonchev–Trinajstić information content (AvgIpc) is 3.08. The Morgan fingerprint density at radius 1 is 1.52 bits per heavy atom. The second-order valence-electron chi connectivity index (χ2n) is 5.60. The first-order valence-corrected chi connectivity index (χ1v) is 8.53. The van der Waals surface area contributed by atoms with Crippen molar-refractivity contribution in [3.05, 3.63) is 29.1 Å². The number of phenolic OH excluding ortho intramolecular Hbond substituents is 1. The fraction of sp³-hybridized carbons (Fsp3) is 0.400. The van der Waals surface area contributed by atoms with Gasteiger partial charge in [-0.05, 0) is 24.5 Å². The third-order valence-corrected chi connectivity index (χ3v) is 5.25. The molecule has 6 nitrogen and oxygen atoms in total. The second kappa shape index (κ2) is 6.29. The fourth-order valence-electron chi connectivity index (χ4n) is 2.90. The summed E-state index contributed by atoms with van der Waals surface area (Å²) in [5, 5.41) is 13.2. The van der Waals surface area contributed by atoms with E-state index in [2.05, 4.69) is 17.0 Å². The smallest absolute Gasteiger partial charge is 0.253 e. The molecule has 2 unspecified atom stereocenters. The Morgan fingerprint density at radius 2 is 2.30 bits per heavy atom. The summed E-state index contributed by atoms with van der Waals surface area (Å²) in [5.74, 6) is -1.14. The van der Waals surface area contributed by atoms with Gasteiger partial charge in [-0.2, -0.15) is 0 Å². The zero-order valence-electron chi connectivity index (χ0n) is 12.6. The van der Waals surface area contributed by atoms with E-state index in [0.717, 1.165) is 22.8 Å². The van der Waals surface area contributed by atoms with E-state index >= 15 is 0 Å². The van der Waals surface area contributed by atoms with Crippen molar-refractivity contribution < 1.29 is 18.5 Å². The van der Waals surface area contributed by atoms with Crippen LogP contribution in [0.1, 0.15) is 18.9 Å². The van der Waals surface area contributed by atoms with Gasteiger partial charge in [0.2, 0.25) is 11.2 Å². The van der Waals surface area contributed by atoms with Crippen LogP contribution in [0.25, 0.3) is 6.08 Å². The van der Waals surface area contributed by atoms with Crippen molar-refractivity contribution in [1.82, 2.24) is 10.0 Å². The molecule has 1 amide bonds. The number of benzene rings is 1. The molecule has 2 aliphatic rings. The summed E-state index contributed by atoms with van der Waals surface area (Å²) < 4.78 is 29.9. The number of hydrogen-bond donors (Lipinski definition) is 3. The van der Waals surface area contributed by atoms with E-state index in [1.54, 1.807) is 6.08 Å². The first kappa shape index (κ1) is 15.9. The maximum Gasteiger partial charge on any atom is 0.253 e. The Labute approximate surface area is 136 Å². The molecule has 2 atom stereocenters. The largest absolute Gasteiger partial charge is 0.506 e. The molecule has 0 aromatic heterocycles. The summed E-state index contributed by atoms with van der Waals surface area (Å²) in [7, 11) is 0. The molecule has 2 fully saturated rings. The molecule has 0 spiro atoms. The number of phenols is 1. The lowest BCUT2D eigenvalue weighted by molar-refractivity contribution is -0.117. The van der Waals surface area contributed by atoms with Gasteiger partial charge >= 0.3 is 0 Å². The van der Waals surface area contributed by atoms with Gasteiger partial charge in [-0.3, -0.25) is 13.8 Å². The molecule has 2 saturated heterocycles. The molecule has 0 radical (unpaired) electrons. The average molecular weight is 339 g/mol. The first-order chi connectivity index (χ1) is 11.0. The molecular weight excluding hydrogens is 321 g/mol. The van der Waals surface area contributed by atoms with Gasteiger partial charge in [-0.25, -0.2) is 8.60 Å². The highest BCUT2D eigenvalue weighted by molar-refractivity contribution is 7.85. The molecule has 8 heteroatoms. The van der Waals surface area contributed by atoms with E-state index in [0.29, 0.717) is 18.0 Å². The van der Waals surface area contributed by atoms with Crippen LogP contribution in [0.5, 0.6) is 5.75 Å². The number of halogens is 1. The Bertz CT molecular complexity index is 707. The van der Waals surface area contributed by atoms with Crippen LogP contribution in [0.3, 0.4) is 0 Å². The van der Waals surface area contributed by atoms with Crippen LogP contribution in [0.2, 0.25) is 0 Å². The number of carbonyl (C=O) groups excluding carboxylic acids is 1. The Balaban J connectivity index is 2.01. The van der Waals surface area contributed by atoms with Gasteiger partial charge in [-0.1, -0.05) is 18.6 Å². The molecule has 0 bridgehead atoms. The van der Waals surface area contributed by atoms with Crippen LogP contribution in [0.4, 0.5) is 10.1 Å². The summed E-state index contributed by atoms with van der Waals surface area (Å²) in [4.78, 5) is 11.3. The number of hydrogen-bond acceptors (Lipinski definition) is 4. The lowest BCUT2D eigenvalue weighted by Gasteiger charge is -2.17. The van der Waals surface area contributed by atoms with Gasteiger partial charge in [-0.15, -0.1) is 0 Å². The number of rotatable bonds is 3. The standard InChI is InChI=1S/C15H18FN3O3S/c1-2-9-6-17-7-11(9)5-10-3-4-12(20)15(14(10)16)19-8-13(21)18-23(19)22/h3-5,9,17,20H,2,6-8H2,1H3,(H,18,21)/b11-5+. The van der Waals surface area contributed by atoms with Crippen molar-refractivity contribution in [2.24, 2.45) is 5.92 Å². The van der Waals surface area contributed by atoms with Gasteiger partial charge in [0.05, 0.1) is 0 Å². The topological polar surface area (TPSA) is 81.7 Å². The van der Waals surface area contributed by atoms with E-state index in [-0.39, 0.29) is 18.0 Å². The number of nitrogens with zero attached hydrogens (tertiary/aromatic N) is 1. The summed E-state index contributed by atoms with van der Waals surface area (Å²) >= 11 is -1.88. The van der Waals surface area contributed by atoms with Crippen LogP contribution in [0, 0.1) is 11.7 Å². The van der Waals surface area contributed by atoms with Crippen molar-refractivity contribution in [3.8, 4) is 5.75 Å². The molecule has 0 saturated carbocycles. The minimum Gasteiger partial charge on any atom is -0.506 e. The number of anilines is 1. The van der Waals surface area contributed by atoms with E-state index in [9.17, 15) is 18.5 Å². The number of carbonyl (C=O) groups is 1. The maximum absolute atomic E-state index is 14.8. The highest BCUT2D eigenvalue weighted by Crippen LogP contribution is 2.35. The summed E-state index contributed by atoms with van der Waals surface area (Å²) in [5.41, 5.74) is 1.20. The van der Waals surface area contributed by atoms with Gasteiger partial charge < -0.3 is 10.4 Å². The van der Waals surface area contributed by atoms with E-state index in [4.69, 9.17) is 0 Å². The normalized spacial score (nSPS) is 26.1. The lowest BCUT2D eigenvalue weighted by atomic mass is 9.97. The first-order valence-electron chi connectivity index (χ1n) is 7.42. The van der Waals surface area contributed by atoms with Gasteiger partial charge in [0, 0.05) is 18.7 Å². The van der Waals surface area contributed by atoms with E-state index < -0.39 is 22.9 Å². The highest BCUT2D eigenvalue weighted by atomic mass is 32.2. The molecular formula is C15H18FN3O3S. The third-order valence-electron chi connectivity index (χ3n) is 4.14. The zero-order valence-corrected chi connectivity index (χ0v) is 13.5. The maximum atomic E-state index is 14.8. The predicted molar refractivity (Wildman–Crippen MR) is 86.3 cm³/mol. The quantitative estimate of drug-likeness (QED) is 0.769. The molecule has 3 rings (SSSR count). The van der Waals surface area contributed by atoms with Gasteiger partial charge in [0.1, 0.15) is 18.0 Å². The molecule has 124 valence electrons. The number of amides is 1. The van der Waals surface area contributed by atoms with E-state index in [1.807, 2.05) is 0 Å². The molecule has 2 aliphatic heterocycles. The second-order valence-corrected chi connectivity index (χ2v) is 6.75. The Morgan fingerprint density at radius 3 is 2.96 bits per heavy atom. The Hall–Kier alpha value is -1.93. The van der Waals surface area contributed by atoms with Crippen molar-refractivity contribution >= 4 is 28.8 Å². The monoisotopic (exact) mass is 339 g/mol. The number of aromatic hydroxyl groups is 1. The SMILES string of the molecule is CCC1CNC/C1=C\c1ccc(O)c(N2CC(=O)NS2=O)c1F. The van der Waals surface area contributed by atoms with Crippen molar-refractivity contribution in [1.29, 1.82) is 0 Å². The third kappa shape index (κ3) is 2.96. The lowest BCUT2D eigenvalue weighted by Crippen LogP contribution is -2.23. The minimum absolute atomic E-state index is 0.213. The van der Waals surface area contributed by atoms with Crippen LogP contribution < -0.4 is 14.3 Å². The summed E-state index contributed by atoms with van der Waals surface area (Å²) in [6, 6.07) is 2.84. The molecule has 0 aliphatic carbocycles. The number of nitrogens with one attached hydrogen (secondary N) is 2. The van der Waals surface area contributed by atoms with Crippen LogP contribution in [-0.2, 0) is 16.0 Å². The van der Waals surface area contributed by atoms with Crippen molar-refractivity contribution in [2.45, 2.75) is 13.3 Å². The summed E-state index contributed by atoms with van der Waals surface area (Å²) in [6.07, 6.45) is 2.72. The van der Waals surface area contributed by atoms with Crippen LogP contribution >= 0.6 is 0 Å². The van der Waals surface area contributed by atoms with E-state index in [1.165, 1.54) is 12.1 Å². The van der Waals surface area contributed by atoms with Gasteiger partial charge in [0.15, 0.2) is 5.82 Å². The van der Waals surface area contributed by atoms with Crippen molar-refractivity contribution in [2.75, 3.05) is 23.9 Å². The fourth-order valence-corrected chi connectivity index (χ4v) is 3.84. The van der Waals surface area contributed by atoms with Gasteiger partial charge in [0.25, 0.3) is 5.91 Å². The zero-order chi connectivity index (χ0) is 16.6.